The van der Waals surface area contributed by atoms with Gasteiger partial charge >= 0.3 is 5.97 Å². The zero-order valence-electron chi connectivity index (χ0n) is 15.2. The Labute approximate surface area is 161 Å². The van der Waals surface area contributed by atoms with Crippen LogP contribution in [0.3, 0.4) is 0 Å². The topological polar surface area (TPSA) is 60.8 Å². The number of aliphatic carboxylic acids is 1. The molecule has 0 saturated carbocycles. The van der Waals surface area contributed by atoms with Crippen LogP contribution in [0.15, 0.2) is 42.5 Å². The molecule has 1 aliphatic rings. The Bertz CT molecular complexity index is 603. The van der Waals surface area contributed by atoms with Crippen molar-refractivity contribution in [1.82, 2.24) is 4.90 Å². The van der Waals surface area contributed by atoms with E-state index < -0.39 is 12.1 Å². The highest BCUT2D eigenvalue weighted by molar-refractivity contribution is 7.80. The molecule has 2 atom stereocenters. The summed E-state index contributed by atoms with van der Waals surface area (Å²) in [5, 5.41) is 18.9. The van der Waals surface area contributed by atoms with Crippen molar-refractivity contribution >= 4 is 23.2 Å². The predicted octanol–water partition coefficient (Wildman–Crippen LogP) is 3.97. The van der Waals surface area contributed by atoms with Gasteiger partial charge in [0.25, 0.3) is 0 Å². The number of aliphatic hydroxyl groups excluding tert-OH is 1. The molecule has 0 radical (unpaired) electrons. The third-order valence-corrected chi connectivity index (χ3v) is 5.20. The Balaban J connectivity index is 1.74. The zero-order valence-corrected chi connectivity index (χ0v) is 16.0. The van der Waals surface area contributed by atoms with Crippen molar-refractivity contribution < 1.29 is 15.0 Å². The lowest BCUT2D eigenvalue weighted by molar-refractivity contribution is -0.137. The molecule has 1 aromatic carbocycles. The summed E-state index contributed by atoms with van der Waals surface area (Å²) >= 11 is 5.49. The molecule has 2 rings (SSSR count). The molecule has 1 fully saturated rings. The molecule has 4 nitrogen and oxygen atoms in total. The monoisotopic (exact) mass is 375 g/mol. The number of likely N-dealkylation sites (tertiary alicyclic amines) is 1. The van der Waals surface area contributed by atoms with Crippen LogP contribution in [-0.2, 0) is 11.2 Å². The van der Waals surface area contributed by atoms with Gasteiger partial charge in [0.2, 0.25) is 0 Å². The maximum Gasteiger partial charge on any atom is 0.303 e. The predicted molar refractivity (Wildman–Crippen MR) is 108 cm³/mol. The fourth-order valence-electron chi connectivity index (χ4n) is 3.34. The number of hydrogen-bond donors (Lipinski definition) is 2. The average molecular weight is 376 g/mol. The van der Waals surface area contributed by atoms with Gasteiger partial charge in [-0.2, -0.15) is 0 Å². The third-order valence-electron chi connectivity index (χ3n) is 4.76. The smallest absolute Gasteiger partial charge is 0.303 e. The molecule has 0 aliphatic carbocycles. The van der Waals surface area contributed by atoms with Crippen molar-refractivity contribution in [3.05, 3.63) is 48.0 Å². The summed E-state index contributed by atoms with van der Waals surface area (Å²) in [6.07, 6.45) is 10.1. The van der Waals surface area contributed by atoms with Gasteiger partial charge in [-0.15, -0.1) is 0 Å². The van der Waals surface area contributed by atoms with Gasteiger partial charge in [-0.25, -0.2) is 0 Å². The van der Waals surface area contributed by atoms with Gasteiger partial charge in [0.15, 0.2) is 0 Å². The van der Waals surface area contributed by atoms with Crippen LogP contribution in [0.1, 0.15) is 50.5 Å². The summed E-state index contributed by atoms with van der Waals surface area (Å²) in [7, 11) is 0. The van der Waals surface area contributed by atoms with E-state index in [2.05, 4.69) is 11.0 Å². The minimum atomic E-state index is -0.718. The molecule has 1 aliphatic heterocycles. The number of thiocarbonyl (C=S) groups is 1. The number of carbonyl (C=O) groups is 1. The van der Waals surface area contributed by atoms with Crippen LogP contribution in [0.2, 0.25) is 0 Å². The number of nitrogens with zero attached hydrogens (tertiary/aromatic N) is 1. The van der Waals surface area contributed by atoms with Gasteiger partial charge < -0.3 is 15.1 Å². The van der Waals surface area contributed by atoms with Gasteiger partial charge in [-0.1, -0.05) is 67.5 Å². The fourth-order valence-corrected chi connectivity index (χ4v) is 3.68. The van der Waals surface area contributed by atoms with Crippen LogP contribution < -0.4 is 0 Å². The summed E-state index contributed by atoms with van der Waals surface area (Å²) in [6, 6.07) is 10.3. The Hall–Kier alpha value is -1.72. The van der Waals surface area contributed by atoms with Crippen LogP contribution in [0, 0.1) is 0 Å². The number of benzene rings is 1. The first kappa shape index (κ1) is 20.6. The molecule has 5 heteroatoms. The highest BCUT2D eigenvalue weighted by atomic mass is 32.1. The van der Waals surface area contributed by atoms with E-state index in [1.807, 2.05) is 36.4 Å². The lowest BCUT2D eigenvalue weighted by Gasteiger charge is -2.24. The second-order valence-corrected chi connectivity index (χ2v) is 7.36. The number of rotatable bonds is 11. The molecule has 2 N–H and O–H groups in total. The van der Waals surface area contributed by atoms with Crippen LogP contribution in [-0.4, -0.2) is 44.8 Å². The standard InChI is InChI=1S/C21H29NO3S/c23-19(16-17-8-4-3-5-9-17)13-11-18-12-14-20(26)22(18)15-7-2-1-6-10-21(24)25/h3-5,8-9,11,13,18-19,23H,1-2,6-7,10,12,14-16H2,(H,24,25). The molecule has 1 heterocycles. The summed E-state index contributed by atoms with van der Waals surface area (Å²) in [6.45, 7) is 0.912. The first-order valence-electron chi connectivity index (χ1n) is 9.48. The normalized spacial score (nSPS) is 18.6. The number of carboxylic acid groups (broad SMARTS) is 1. The van der Waals surface area contributed by atoms with E-state index in [0.717, 1.165) is 55.6 Å². The Morgan fingerprint density at radius 1 is 1.23 bits per heavy atom. The lowest BCUT2D eigenvalue weighted by Crippen LogP contribution is -2.32. The zero-order chi connectivity index (χ0) is 18.8. The largest absolute Gasteiger partial charge is 0.481 e. The SMILES string of the molecule is O=C(O)CCCCCCN1C(=S)CCC1C=CC(O)Cc1ccccc1. The van der Waals surface area contributed by atoms with Crippen LogP contribution in [0.4, 0.5) is 0 Å². The van der Waals surface area contributed by atoms with E-state index >= 15 is 0 Å². The highest BCUT2D eigenvalue weighted by Crippen LogP contribution is 2.22. The first-order chi connectivity index (χ1) is 12.6. The number of unbranched alkanes of at least 4 members (excludes halogenated alkanes) is 3. The Morgan fingerprint density at radius 3 is 2.69 bits per heavy atom. The van der Waals surface area contributed by atoms with E-state index in [-0.39, 0.29) is 12.5 Å². The summed E-state index contributed by atoms with van der Waals surface area (Å²) in [5.41, 5.74) is 1.13. The van der Waals surface area contributed by atoms with Crippen molar-refractivity contribution in [2.24, 2.45) is 0 Å². The van der Waals surface area contributed by atoms with Gasteiger partial charge in [0.1, 0.15) is 0 Å². The van der Waals surface area contributed by atoms with E-state index in [9.17, 15) is 9.90 Å². The number of carboxylic acids is 1. The van der Waals surface area contributed by atoms with Crippen LogP contribution >= 0.6 is 12.2 Å². The minimum absolute atomic E-state index is 0.257. The molecule has 0 bridgehead atoms. The van der Waals surface area contributed by atoms with Crippen molar-refractivity contribution in [3.63, 3.8) is 0 Å². The quantitative estimate of drug-likeness (QED) is 0.348. The molecule has 0 aromatic heterocycles. The molecule has 0 spiro atoms. The van der Waals surface area contributed by atoms with Crippen molar-refractivity contribution in [2.75, 3.05) is 6.54 Å². The summed E-state index contributed by atoms with van der Waals surface area (Å²) < 4.78 is 0. The average Bonchev–Trinajstić information content (AvgIpc) is 2.97. The second-order valence-electron chi connectivity index (χ2n) is 6.89. The summed E-state index contributed by atoms with van der Waals surface area (Å²) in [4.78, 5) is 13.8. The van der Waals surface area contributed by atoms with Gasteiger partial charge in [-0.05, 0) is 24.8 Å². The molecule has 142 valence electrons. The van der Waals surface area contributed by atoms with Gasteiger partial charge in [-0.3, -0.25) is 4.79 Å². The number of hydrogen-bond acceptors (Lipinski definition) is 3. The van der Waals surface area contributed by atoms with Gasteiger partial charge in [0.05, 0.1) is 11.1 Å². The maximum atomic E-state index is 10.5. The molecule has 1 saturated heterocycles. The minimum Gasteiger partial charge on any atom is -0.481 e. The molecular formula is C21H29NO3S. The van der Waals surface area contributed by atoms with Crippen molar-refractivity contribution in [3.8, 4) is 0 Å². The van der Waals surface area contributed by atoms with E-state index in [1.54, 1.807) is 0 Å². The molecule has 1 aromatic rings. The van der Waals surface area contributed by atoms with Crippen LogP contribution in [0.25, 0.3) is 0 Å². The highest BCUT2D eigenvalue weighted by Gasteiger charge is 2.25. The maximum absolute atomic E-state index is 10.5. The van der Waals surface area contributed by atoms with E-state index in [4.69, 9.17) is 17.3 Å². The van der Waals surface area contributed by atoms with Crippen molar-refractivity contribution in [1.29, 1.82) is 0 Å². The second kappa shape index (κ2) is 11.1. The molecule has 26 heavy (non-hydrogen) atoms. The molecule has 0 amide bonds. The Kier molecular flexibility index (Phi) is 8.78. The summed E-state index contributed by atoms with van der Waals surface area (Å²) in [5.74, 6) is -0.718. The fraction of sp³-hybridized carbons (Fsp3) is 0.524. The lowest BCUT2D eigenvalue weighted by atomic mass is 10.1. The van der Waals surface area contributed by atoms with E-state index in [1.165, 1.54) is 0 Å². The van der Waals surface area contributed by atoms with Crippen LogP contribution in [0.5, 0.6) is 0 Å². The van der Waals surface area contributed by atoms with Crippen molar-refractivity contribution in [2.45, 2.75) is 63.5 Å². The molecule has 2 unspecified atom stereocenters. The third kappa shape index (κ3) is 7.26. The van der Waals surface area contributed by atoms with E-state index in [0.29, 0.717) is 6.42 Å². The van der Waals surface area contributed by atoms with Gasteiger partial charge in [0, 0.05) is 31.8 Å². The number of aliphatic hydroxyl groups is 1. The first-order valence-corrected chi connectivity index (χ1v) is 9.88. The molecular weight excluding hydrogens is 346 g/mol. The Morgan fingerprint density at radius 2 is 1.96 bits per heavy atom.